The maximum absolute atomic E-state index is 12.0. The summed E-state index contributed by atoms with van der Waals surface area (Å²) in [4.78, 5) is 26.2. The number of carbonyl (C=O) groups is 1. The summed E-state index contributed by atoms with van der Waals surface area (Å²) in [6.07, 6.45) is 0. The molecule has 0 atom stereocenters. The number of aliphatic hydroxyl groups excluding tert-OH is 1. The minimum Gasteiger partial charge on any atom is -0.394 e. The molecule has 0 aliphatic heterocycles. The summed E-state index contributed by atoms with van der Waals surface area (Å²) >= 11 is 0. The molecule has 1 amide bonds. The first kappa shape index (κ1) is 13.4. The summed E-state index contributed by atoms with van der Waals surface area (Å²) in [6, 6.07) is 4.99. The molecule has 6 nitrogen and oxygen atoms in total. The van der Waals surface area contributed by atoms with Crippen LogP contribution in [0.2, 0.25) is 0 Å². The van der Waals surface area contributed by atoms with Crippen LogP contribution in [0.5, 0.6) is 0 Å². The number of fused-ring (bicyclic) bond motifs is 1. The number of aromatic amines is 1. The second-order valence-corrected chi connectivity index (χ2v) is 5.22. The Balaban J connectivity index is 2.36. The Hall–Kier alpha value is -2.08. The molecule has 0 fully saturated rings. The van der Waals surface area contributed by atoms with Crippen LogP contribution in [0.4, 0.5) is 0 Å². The van der Waals surface area contributed by atoms with Crippen LogP contribution in [-0.2, 0) is 7.05 Å². The third-order valence-electron chi connectivity index (χ3n) is 3.01. The van der Waals surface area contributed by atoms with E-state index in [0.29, 0.717) is 11.1 Å². The molecule has 0 saturated carbocycles. The zero-order valence-corrected chi connectivity index (χ0v) is 11.2. The molecule has 2 aromatic rings. The minimum absolute atomic E-state index is 0.150. The molecule has 0 spiro atoms. The molecule has 1 aromatic heterocycles. The van der Waals surface area contributed by atoms with Crippen LogP contribution >= 0.6 is 0 Å². The summed E-state index contributed by atoms with van der Waals surface area (Å²) in [5, 5.41) is 11.9. The largest absolute Gasteiger partial charge is 0.394 e. The number of nitrogens with one attached hydrogen (secondary N) is 2. The number of amides is 1. The predicted molar refractivity (Wildman–Crippen MR) is 72.2 cm³/mol. The first-order valence-electron chi connectivity index (χ1n) is 5.96. The third-order valence-corrected chi connectivity index (χ3v) is 3.01. The summed E-state index contributed by atoms with van der Waals surface area (Å²) in [5.74, 6) is -0.286. The van der Waals surface area contributed by atoms with Crippen LogP contribution in [0.25, 0.3) is 11.0 Å². The van der Waals surface area contributed by atoms with E-state index in [2.05, 4.69) is 10.3 Å². The normalized spacial score (nSPS) is 11.8. The van der Waals surface area contributed by atoms with Gasteiger partial charge in [-0.05, 0) is 32.0 Å². The van der Waals surface area contributed by atoms with Gasteiger partial charge in [0.25, 0.3) is 5.91 Å². The second kappa shape index (κ2) is 4.55. The Morgan fingerprint density at radius 3 is 2.79 bits per heavy atom. The molecule has 3 N–H and O–H groups in total. The molecule has 0 radical (unpaired) electrons. The zero-order valence-electron chi connectivity index (χ0n) is 11.2. The average molecular weight is 263 g/mol. The Kier molecular flexibility index (Phi) is 3.20. The van der Waals surface area contributed by atoms with Crippen molar-refractivity contribution in [3.8, 4) is 0 Å². The summed E-state index contributed by atoms with van der Waals surface area (Å²) in [7, 11) is 1.66. The van der Waals surface area contributed by atoms with Crippen molar-refractivity contribution >= 4 is 16.9 Å². The zero-order chi connectivity index (χ0) is 14.2. The van der Waals surface area contributed by atoms with Gasteiger partial charge in [0.2, 0.25) is 0 Å². The molecule has 19 heavy (non-hydrogen) atoms. The van der Waals surface area contributed by atoms with E-state index in [1.165, 1.54) is 4.57 Å². The fourth-order valence-electron chi connectivity index (χ4n) is 1.80. The first-order chi connectivity index (χ1) is 8.84. The summed E-state index contributed by atoms with van der Waals surface area (Å²) in [6.45, 7) is 3.31. The summed E-state index contributed by atoms with van der Waals surface area (Å²) < 4.78 is 1.48. The number of aryl methyl sites for hydroxylation is 1. The Morgan fingerprint density at radius 1 is 1.47 bits per heavy atom. The number of benzene rings is 1. The van der Waals surface area contributed by atoms with E-state index in [0.717, 1.165) is 5.52 Å². The maximum Gasteiger partial charge on any atom is 0.326 e. The standard InChI is InChI=1S/C13H17N3O3/c1-13(2,7-17)15-11(18)8-4-5-10-9(6-8)14-12(19)16(10)3/h4-6,17H,7H2,1-3H3,(H,14,19)(H,15,18). The van der Waals surface area contributed by atoms with E-state index < -0.39 is 5.54 Å². The molecule has 6 heteroatoms. The van der Waals surface area contributed by atoms with Gasteiger partial charge in [-0.3, -0.25) is 9.36 Å². The number of nitrogens with zero attached hydrogens (tertiary/aromatic N) is 1. The number of rotatable bonds is 3. The molecule has 0 unspecified atom stereocenters. The molecule has 1 heterocycles. The van der Waals surface area contributed by atoms with Crippen LogP contribution in [0.15, 0.2) is 23.0 Å². The number of hydrogen-bond acceptors (Lipinski definition) is 3. The van der Waals surface area contributed by atoms with Crippen molar-refractivity contribution in [1.29, 1.82) is 0 Å². The fraction of sp³-hybridized carbons (Fsp3) is 0.385. The lowest BCUT2D eigenvalue weighted by Crippen LogP contribution is -2.46. The minimum atomic E-state index is -0.684. The molecular formula is C13H17N3O3. The Labute approximate surface area is 110 Å². The lowest BCUT2D eigenvalue weighted by atomic mass is 10.1. The van der Waals surface area contributed by atoms with Crippen LogP contribution in [0, 0.1) is 0 Å². The highest BCUT2D eigenvalue weighted by molar-refractivity contribution is 5.97. The number of aliphatic hydroxyl groups is 1. The van der Waals surface area contributed by atoms with Crippen LogP contribution in [0.3, 0.4) is 0 Å². The highest BCUT2D eigenvalue weighted by atomic mass is 16.3. The monoisotopic (exact) mass is 263 g/mol. The smallest absolute Gasteiger partial charge is 0.326 e. The van der Waals surface area contributed by atoms with E-state index in [1.807, 2.05) is 0 Å². The molecule has 2 rings (SSSR count). The van der Waals surface area contributed by atoms with Gasteiger partial charge >= 0.3 is 5.69 Å². The van der Waals surface area contributed by atoms with Crippen molar-refractivity contribution in [3.63, 3.8) is 0 Å². The van der Waals surface area contributed by atoms with E-state index in [1.54, 1.807) is 39.1 Å². The van der Waals surface area contributed by atoms with Gasteiger partial charge in [0.1, 0.15) is 0 Å². The van der Waals surface area contributed by atoms with Crippen molar-refractivity contribution in [2.75, 3.05) is 6.61 Å². The van der Waals surface area contributed by atoms with Crippen LogP contribution in [0.1, 0.15) is 24.2 Å². The van der Waals surface area contributed by atoms with Gasteiger partial charge in [0, 0.05) is 12.6 Å². The van der Waals surface area contributed by atoms with E-state index in [9.17, 15) is 9.59 Å². The number of imidazole rings is 1. The maximum atomic E-state index is 12.0. The van der Waals surface area contributed by atoms with E-state index in [4.69, 9.17) is 5.11 Å². The number of aromatic nitrogens is 2. The Morgan fingerprint density at radius 2 is 2.16 bits per heavy atom. The van der Waals surface area contributed by atoms with Gasteiger partial charge in [-0.1, -0.05) is 0 Å². The van der Waals surface area contributed by atoms with Gasteiger partial charge in [0.05, 0.1) is 23.2 Å². The van der Waals surface area contributed by atoms with Gasteiger partial charge < -0.3 is 15.4 Å². The van der Waals surface area contributed by atoms with Crippen molar-refractivity contribution in [2.45, 2.75) is 19.4 Å². The van der Waals surface area contributed by atoms with Gasteiger partial charge in [-0.25, -0.2) is 4.79 Å². The SMILES string of the molecule is Cn1c(=O)[nH]c2cc(C(=O)NC(C)(C)CO)ccc21. The molecule has 0 aliphatic rings. The third kappa shape index (κ3) is 2.53. The lowest BCUT2D eigenvalue weighted by molar-refractivity contribution is 0.0869. The molecular weight excluding hydrogens is 246 g/mol. The molecule has 0 bridgehead atoms. The van der Waals surface area contributed by atoms with Crippen molar-refractivity contribution in [1.82, 2.24) is 14.9 Å². The summed E-state index contributed by atoms with van der Waals surface area (Å²) in [5.41, 5.74) is 0.889. The van der Waals surface area contributed by atoms with Crippen LogP contribution in [-0.4, -0.2) is 32.7 Å². The van der Waals surface area contributed by atoms with Gasteiger partial charge in [-0.15, -0.1) is 0 Å². The predicted octanol–water partition coefficient (Wildman–Crippen LogP) is 0.367. The van der Waals surface area contributed by atoms with Crippen molar-refractivity contribution < 1.29 is 9.90 Å². The molecule has 102 valence electrons. The van der Waals surface area contributed by atoms with Crippen molar-refractivity contribution in [3.05, 3.63) is 34.2 Å². The topological polar surface area (TPSA) is 87.1 Å². The van der Waals surface area contributed by atoms with Crippen molar-refractivity contribution in [2.24, 2.45) is 7.05 Å². The van der Waals surface area contributed by atoms with Gasteiger partial charge in [-0.2, -0.15) is 0 Å². The number of hydrogen-bond donors (Lipinski definition) is 3. The second-order valence-electron chi connectivity index (χ2n) is 5.22. The first-order valence-corrected chi connectivity index (χ1v) is 5.96. The lowest BCUT2D eigenvalue weighted by Gasteiger charge is -2.23. The van der Waals surface area contributed by atoms with E-state index in [-0.39, 0.29) is 18.2 Å². The highest BCUT2D eigenvalue weighted by Gasteiger charge is 2.20. The Bertz CT molecular complexity index is 682. The average Bonchev–Trinajstić information content (AvgIpc) is 2.64. The quantitative estimate of drug-likeness (QED) is 0.747. The fourth-order valence-corrected chi connectivity index (χ4v) is 1.80. The van der Waals surface area contributed by atoms with Crippen LogP contribution < -0.4 is 11.0 Å². The van der Waals surface area contributed by atoms with E-state index >= 15 is 0 Å². The molecule has 0 saturated heterocycles. The highest BCUT2D eigenvalue weighted by Crippen LogP contribution is 2.13. The molecule has 1 aromatic carbocycles. The number of carbonyl (C=O) groups excluding carboxylic acids is 1. The number of H-pyrrole nitrogens is 1. The van der Waals surface area contributed by atoms with Gasteiger partial charge in [0.15, 0.2) is 0 Å². The molecule has 0 aliphatic carbocycles.